The van der Waals surface area contributed by atoms with Crippen LogP contribution in [0.4, 0.5) is 4.39 Å². The number of thiophene rings is 1. The van der Waals surface area contributed by atoms with Gasteiger partial charge in [-0.05, 0) is 12.1 Å². The summed E-state index contributed by atoms with van der Waals surface area (Å²) in [5.41, 5.74) is -0.118. The fourth-order valence-electron chi connectivity index (χ4n) is 2.02. The van der Waals surface area contributed by atoms with E-state index in [1.54, 1.807) is 6.07 Å². The van der Waals surface area contributed by atoms with Crippen molar-refractivity contribution in [1.29, 1.82) is 10.5 Å². The minimum absolute atomic E-state index is 0.0368. The lowest BCUT2D eigenvalue weighted by molar-refractivity contribution is 0.622. The molecule has 0 saturated carbocycles. The van der Waals surface area contributed by atoms with Crippen molar-refractivity contribution >= 4 is 31.5 Å². The van der Waals surface area contributed by atoms with Crippen molar-refractivity contribution in [3.8, 4) is 12.1 Å². The van der Waals surface area contributed by atoms with E-state index < -0.39 is 5.82 Å². The monoisotopic (exact) mass is 252 g/mol. The molecular weight excluding hydrogens is 247 g/mol. The van der Waals surface area contributed by atoms with Crippen molar-refractivity contribution in [3.63, 3.8) is 0 Å². The predicted molar refractivity (Wildman–Crippen MR) is 68.7 cm³/mol. The summed E-state index contributed by atoms with van der Waals surface area (Å²) in [5.74, 6) is -0.723. The van der Waals surface area contributed by atoms with Crippen LogP contribution >= 0.6 is 11.3 Å². The van der Waals surface area contributed by atoms with E-state index in [4.69, 9.17) is 10.5 Å². The molecule has 0 aliphatic carbocycles. The van der Waals surface area contributed by atoms with Crippen molar-refractivity contribution in [1.82, 2.24) is 0 Å². The molecule has 84 valence electrons. The Morgan fingerprint density at radius 2 is 1.83 bits per heavy atom. The van der Waals surface area contributed by atoms with Crippen LogP contribution < -0.4 is 0 Å². The van der Waals surface area contributed by atoms with Crippen LogP contribution in [-0.4, -0.2) is 0 Å². The Morgan fingerprint density at radius 1 is 1.06 bits per heavy atom. The van der Waals surface area contributed by atoms with Gasteiger partial charge in [0.05, 0.1) is 10.3 Å². The first-order valence-electron chi connectivity index (χ1n) is 5.20. The highest BCUT2D eigenvalue weighted by Gasteiger charge is 2.16. The Bertz CT molecular complexity index is 865. The number of nitrogens with zero attached hydrogens (tertiary/aromatic N) is 2. The third-order valence-electron chi connectivity index (χ3n) is 2.84. The van der Waals surface area contributed by atoms with E-state index in [-0.39, 0.29) is 11.1 Å². The van der Waals surface area contributed by atoms with Gasteiger partial charge in [-0.1, -0.05) is 18.2 Å². The Balaban J connectivity index is 2.62. The summed E-state index contributed by atoms with van der Waals surface area (Å²) in [6.07, 6.45) is 0. The maximum absolute atomic E-state index is 13.9. The van der Waals surface area contributed by atoms with Gasteiger partial charge in [0.1, 0.15) is 17.7 Å². The molecule has 2 nitrogen and oxygen atoms in total. The first-order valence-corrected chi connectivity index (χ1v) is 6.02. The largest absolute Gasteiger partial charge is 0.204 e. The molecule has 0 atom stereocenters. The fraction of sp³-hybridized carbons (Fsp3) is 0. The van der Waals surface area contributed by atoms with Crippen LogP contribution in [0.5, 0.6) is 0 Å². The SMILES string of the molecule is N#Cc1cc2c(sc3ccccc32)c(C#N)c1F. The van der Waals surface area contributed by atoms with Crippen molar-refractivity contribution in [2.45, 2.75) is 0 Å². The van der Waals surface area contributed by atoms with Gasteiger partial charge in [-0.2, -0.15) is 10.5 Å². The molecule has 18 heavy (non-hydrogen) atoms. The highest BCUT2D eigenvalue weighted by Crippen LogP contribution is 2.37. The average molecular weight is 252 g/mol. The van der Waals surface area contributed by atoms with E-state index >= 15 is 0 Å². The van der Waals surface area contributed by atoms with Crippen LogP contribution in [0.15, 0.2) is 30.3 Å². The molecule has 3 aromatic rings. The predicted octanol–water partition coefficient (Wildman–Crippen LogP) is 3.94. The smallest absolute Gasteiger partial charge is 0.160 e. The van der Waals surface area contributed by atoms with Crippen molar-refractivity contribution in [2.75, 3.05) is 0 Å². The summed E-state index contributed by atoms with van der Waals surface area (Å²) in [4.78, 5) is 0. The Kier molecular flexibility index (Phi) is 2.26. The quantitative estimate of drug-likeness (QED) is 0.608. The topological polar surface area (TPSA) is 47.6 Å². The molecule has 1 aromatic heterocycles. The Labute approximate surface area is 106 Å². The normalized spacial score (nSPS) is 10.4. The highest BCUT2D eigenvalue weighted by molar-refractivity contribution is 7.26. The standard InChI is InChI=1S/C14H5FN2S/c15-13-8(6-16)5-10-9-3-1-2-4-12(9)18-14(10)11(13)7-17/h1-5H. The molecule has 0 aliphatic rings. The molecule has 1 heterocycles. The van der Waals surface area contributed by atoms with Crippen molar-refractivity contribution < 1.29 is 4.39 Å². The van der Waals surface area contributed by atoms with Crippen LogP contribution in [0, 0.1) is 28.5 Å². The van der Waals surface area contributed by atoms with Gasteiger partial charge in [0, 0.05) is 15.5 Å². The summed E-state index contributed by atoms with van der Waals surface area (Å²) >= 11 is 1.37. The fourth-order valence-corrected chi connectivity index (χ4v) is 3.19. The first kappa shape index (κ1) is 10.7. The van der Waals surface area contributed by atoms with Gasteiger partial charge in [0.2, 0.25) is 0 Å². The van der Waals surface area contributed by atoms with E-state index in [1.807, 2.05) is 30.3 Å². The lowest BCUT2D eigenvalue weighted by atomic mass is 10.1. The molecule has 0 bridgehead atoms. The molecule has 0 N–H and O–H groups in total. The zero-order chi connectivity index (χ0) is 12.7. The zero-order valence-electron chi connectivity index (χ0n) is 9.07. The minimum atomic E-state index is -0.723. The summed E-state index contributed by atoms with van der Waals surface area (Å²) in [6, 6.07) is 12.8. The first-order chi connectivity index (χ1) is 8.76. The second-order valence-electron chi connectivity index (χ2n) is 3.81. The third kappa shape index (κ3) is 1.30. The number of benzene rings is 2. The molecule has 0 spiro atoms. The number of fused-ring (bicyclic) bond motifs is 3. The summed E-state index contributed by atoms with van der Waals surface area (Å²) in [5, 5.41) is 19.7. The average Bonchev–Trinajstić information content (AvgIpc) is 2.76. The zero-order valence-corrected chi connectivity index (χ0v) is 9.88. The molecular formula is C14H5FN2S. The van der Waals surface area contributed by atoms with Crippen molar-refractivity contribution in [2.24, 2.45) is 0 Å². The molecule has 0 aliphatic heterocycles. The Hall–Kier alpha value is -2.43. The molecule has 0 amide bonds. The highest BCUT2D eigenvalue weighted by atomic mass is 32.1. The van der Waals surface area contributed by atoms with E-state index in [9.17, 15) is 4.39 Å². The van der Waals surface area contributed by atoms with Crippen LogP contribution in [0.3, 0.4) is 0 Å². The summed E-state index contributed by atoms with van der Waals surface area (Å²) in [6.45, 7) is 0. The van der Waals surface area contributed by atoms with E-state index in [2.05, 4.69) is 0 Å². The summed E-state index contributed by atoms with van der Waals surface area (Å²) in [7, 11) is 0. The molecule has 0 saturated heterocycles. The minimum Gasteiger partial charge on any atom is -0.204 e. The summed E-state index contributed by atoms with van der Waals surface area (Å²) < 4.78 is 15.5. The number of hydrogen-bond acceptors (Lipinski definition) is 3. The van der Waals surface area contributed by atoms with Gasteiger partial charge in [-0.3, -0.25) is 0 Å². The van der Waals surface area contributed by atoms with Gasteiger partial charge in [0.25, 0.3) is 0 Å². The maximum Gasteiger partial charge on any atom is 0.160 e. The van der Waals surface area contributed by atoms with Crippen LogP contribution in [0.25, 0.3) is 20.2 Å². The molecule has 4 heteroatoms. The van der Waals surface area contributed by atoms with Crippen LogP contribution in [0.2, 0.25) is 0 Å². The van der Waals surface area contributed by atoms with E-state index in [1.165, 1.54) is 17.4 Å². The number of nitriles is 2. The van der Waals surface area contributed by atoms with Gasteiger partial charge in [-0.15, -0.1) is 11.3 Å². The van der Waals surface area contributed by atoms with E-state index in [0.717, 1.165) is 15.5 Å². The second-order valence-corrected chi connectivity index (χ2v) is 4.86. The van der Waals surface area contributed by atoms with Gasteiger partial charge in [0.15, 0.2) is 5.82 Å². The molecule has 3 rings (SSSR count). The lowest BCUT2D eigenvalue weighted by Gasteiger charge is -1.98. The van der Waals surface area contributed by atoms with Crippen LogP contribution in [-0.2, 0) is 0 Å². The maximum atomic E-state index is 13.9. The third-order valence-corrected chi connectivity index (χ3v) is 4.04. The number of hydrogen-bond donors (Lipinski definition) is 0. The van der Waals surface area contributed by atoms with Gasteiger partial charge >= 0.3 is 0 Å². The number of rotatable bonds is 0. The molecule has 2 aromatic carbocycles. The van der Waals surface area contributed by atoms with Gasteiger partial charge < -0.3 is 0 Å². The molecule has 0 radical (unpaired) electrons. The second kappa shape index (κ2) is 3.80. The van der Waals surface area contributed by atoms with Crippen LogP contribution in [0.1, 0.15) is 11.1 Å². The van der Waals surface area contributed by atoms with Crippen molar-refractivity contribution in [3.05, 3.63) is 47.3 Å². The Morgan fingerprint density at radius 3 is 2.56 bits per heavy atom. The lowest BCUT2D eigenvalue weighted by Crippen LogP contribution is -1.89. The van der Waals surface area contributed by atoms with Gasteiger partial charge in [-0.25, -0.2) is 4.39 Å². The molecule has 0 unspecified atom stereocenters. The molecule has 0 fully saturated rings. The van der Waals surface area contributed by atoms with E-state index in [0.29, 0.717) is 4.70 Å². The number of halogens is 1.